The lowest BCUT2D eigenvalue weighted by molar-refractivity contribution is 1.15. The quantitative estimate of drug-likeness (QED) is 0.139. The monoisotopic (exact) mass is 814 g/mol. The Bertz CT molecular complexity index is 3610. The van der Waals surface area contributed by atoms with E-state index in [2.05, 4.69) is 264 Å². The summed E-state index contributed by atoms with van der Waals surface area (Å²) >= 11 is 0. The molecule has 0 saturated carbocycles. The van der Waals surface area contributed by atoms with Gasteiger partial charge in [0.05, 0.1) is 28.1 Å². The minimum Gasteiger partial charge on any atom is -0.308 e. The highest BCUT2D eigenvalue weighted by Crippen LogP contribution is 2.50. The van der Waals surface area contributed by atoms with Gasteiger partial charge < -0.3 is 9.47 Å². The molecule has 0 aliphatic carbocycles. The van der Waals surface area contributed by atoms with Gasteiger partial charge >= 0.3 is 0 Å². The van der Waals surface area contributed by atoms with Crippen LogP contribution in [0.5, 0.6) is 0 Å². The summed E-state index contributed by atoms with van der Waals surface area (Å²) in [6.07, 6.45) is 0. The standard InChI is InChI=1S/C62H42N2/c1-3-20-43(21-4-1)48-25-9-12-31-55(48)62-50(44-22-5-2-6-23-44)32-19-37-61(62)63(59-35-17-18-36-60(59)64-57-33-15-13-29-53(57)54-30-14-16-34-58(54)64)47-40-38-45(39-41-47)56-42-46-24-7-8-26-49(46)51-27-10-11-28-52(51)56/h1-42H. The van der Waals surface area contributed by atoms with Crippen molar-refractivity contribution in [2.75, 3.05) is 4.90 Å². The van der Waals surface area contributed by atoms with Gasteiger partial charge in [-0.3, -0.25) is 0 Å². The van der Waals surface area contributed by atoms with E-state index in [-0.39, 0.29) is 0 Å². The van der Waals surface area contributed by atoms with E-state index in [0.717, 1.165) is 33.9 Å². The smallest absolute Gasteiger partial charge is 0.0702 e. The van der Waals surface area contributed by atoms with Crippen LogP contribution in [0, 0.1) is 0 Å². The van der Waals surface area contributed by atoms with Crippen LogP contribution in [0.1, 0.15) is 0 Å². The zero-order chi connectivity index (χ0) is 42.4. The molecule has 2 nitrogen and oxygen atoms in total. The van der Waals surface area contributed by atoms with Crippen LogP contribution in [0.2, 0.25) is 0 Å². The van der Waals surface area contributed by atoms with Gasteiger partial charge in [-0.1, -0.05) is 206 Å². The molecule has 1 aromatic heterocycles. The molecule has 64 heavy (non-hydrogen) atoms. The van der Waals surface area contributed by atoms with E-state index in [9.17, 15) is 0 Å². The Morgan fingerprint density at radius 1 is 0.281 bits per heavy atom. The van der Waals surface area contributed by atoms with Crippen LogP contribution in [-0.2, 0) is 0 Å². The van der Waals surface area contributed by atoms with Crippen LogP contribution >= 0.6 is 0 Å². The van der Waals surface area contributed by atoms with Crippen LogP contribution < -0.4 is 4.90 Å². The number of rotatable bonds is 8. The zero-order valence-corrected chi connectivity index (χ0v) is 35.1. The summed E-state index contributed by atoms with van der Waals surface area (Å²) in [5.41, 5.74) is 16.1. The van der Waals surface area contributed by atoms with Gasteiger partial charge in [-0.25, -0.2) is 0 Å². The Hall–Kier alpha value is -8.46. The fourth-order valence-electron chi connectivity index (χ4n) is 9.95. The number of hydrogen-bond donors (Lipinski definition) is 0. The van der Waals surface area contributed by atoms with Crippen molar-refractivity contribution in [3.8, 4) is 50.2 Å². The molecule has 12 aromatic rings. The van der Waals surface area contributed by atoms with Crippen molar-refractivity contribution >= 4 is 60.4 Å². The van der Waals surface area contributed by atoms with Gasteiger partial charge in [0.15, 0.2) is 0 Å². The predicted molar refractivity (Wildman–Crippen MR) is 272 cm³/mol. The highest BCUT2D eigenvalue weighted by atomic mass is 15.2. The van der Waals surface area contributed by atoms with Crippen LogP contribution in [-0.4, -0.2) is 4.57 Å². The molecule has 0 fully saturated rings. The molecular weight excluding hydrogens is 773 g/mol. The average molecular weight is 815 g/mol. The first-order valence-corrected chi connectivity index (χ1v) is 22.0. The molecule has 0 aliphatic rings. The molecule has 0 spiro atoms. The Kier molecular flexibility index (Phi) is 9.20. The molecule has 0 radical (unpaired) electrons. The maximum atomic E-state index is 2.49. The second-order valence-corrected chi connectivity index (χ2v) is 16.4. The first kappa shape index (κ1) is 37.3. The SMILES string of the molecule is c1ccc(-c2ccccc2-c2c(-c3ccccc3)cccc2N(c2ccc(-c3cc4ccccc4c4ccccc34)cc2)c2ccccc2-n2c3ccccc3c3ccccc32)cc1. The molecule has 0 atom stereocenters. The molecule has 0 bridgehead atoms. The molecule has 0 aliphatic heterocycles. The maximum absolute atomic E-state index is 2.49. The number of nitrogens with zero attached hydrogens (tertiary/aromatic N) is 2. The van der Waals surface area contributed by atoms with E-state index in [1.807, 2.05) is 0 Å². The largest absolute Gasteiger partial charge is 0.308 e. The molecule has 1 heterocycles. The van der Waals surface area contributed by atoms with Gasteiger partial charge in [0, 0.05) is 22.0 Å². The van der Waals surface area contributed by atoms with Crippen LogP contribution in [0.4, 0.5) is 17.1 Å². The zero-order valence-electron chi connectivity index (χ0n) is 35.1. The minimum atomic E-state index is 1.06. The highest BCUT2D eigenvalue weighted by Gasteiger charge is 2.26. The summed E-state index contributed by atoms with van der Waals surface area (Å²) in [4.78, 5) is 2.49. The van der Waals surface area contributed by atoms with Crippen molar-refractivity contribution in [3.05, 3.63) is 255 Å². The molecule has 300 valence electrons. The van der Waals surface area contributed by atoms with Gasteiger partial charge in [0.1, 0.15) is 0 Å². The summed E-state index contributed by atoms with van der Waals surface area (Å²) in [6.45, 7) is 0. The van der Waals surface area contributed by atoms with Gasteiger partial charge in [0.25, 0.3) is 0 Å². The first-order chi connectivity index (χ1) is 31.8. The Morgan fingerprint density at radius 2 is 0.766 bits per heavy atom. The highest BCUT2D eigenvalue weighted by molar-refractivity contribution is 6.14. The minimum absolute atomic E-state index is 1.06. The number of para-hydroxylation sites is 4. The lowest BCUT2D eigenvalue weighted by atomic mass is 9.87. The summed E-state index contributed by atoms with van der Waals surface area (Å²) in [5, 5.41) is 7.48. The van der Waals surface area contributed by atoms with Crippen molar-refractivity contribution in [3.63, 3.8) is 0 Å². The maximum Gasteiger partial charge on any atom is 0.0702 e. The molecule has 0 amide bonds. The average Bonchev–Trinajstić information content (AvgIpc) is 3.71. The number of aromatic nitrogens is 1. The molecule has 2 heteroatoms. The second kappa shape index (κ2) is 15.8. The molecular formula is C62H42N2. The topological polar surface area (TPSA) is 8.17 Å². The molecule has 0 N–H and O–H groups in total. The van der Waals surface area contributed by atoms with Gasteiger partial charge in [0.2, 0.25) is 0 Å². The van der Waals surface area contributed by atoms with Crippen molar-refractivity contribution in [1.82, 2.24) is 4.57 Å². The summed E-state index contributed by atoms with van der Waals surface area (Å²) < 4.78 is 2.45. The van der Waals surface area contributed by atoms with E-state index in [0.29, 0.717) is 0 Å². The van der Waals surface area contributed by atoms with E-state index >= 15 is 0 Å². The Labute approximate surface area is 373 Å². The van der Waals surface area contributed by atoms with Crippen LogP contribution in [0.3, 0.4) is 0 Å². The number of hydrogen-bond acceptors (Lipinski definition) is 1. The number of anilines is 3. The predicted octanol–water partition coefficient (Wildman–Crippen LogP) is 17.2. The third kappa shape index (κ3) is 6.27. The van der Waals surface area contributed by atoms with Gasteiger partial charge in [-0.2, -0.15) is 0 Å². The van der Waals surface area contributed by atoms with Gasteiger partial charge in [-0.15, -0.1) is 0 Å². The first-order valence-electron chi connectivity index (χ1n) is 22.0. The third-order valence-electron chi connectivity index (χ3n) is 12.8. The number of benzene rings is 11. The fourth-order valence-corrected chi connectivity index (χ4v) is 9.95. The third-order valence-corrected chi connectivity index (χ3v) is 12.8. The van der Waals surface area contributed by atoms with Crippen molar-refractivity contribution in [1.29, 1.82) is 0 Å². The van der Waals surface area contributed by atoms with Gasteiger partial charge in [-0.05, 0) is 109 Å². The molecule has 11 aromatic carbocycles. The lowest BCUT2D eigenvalue weighted by Crippen LogP contribution is -2.14. The molecule has 0 saturated heterocycles. The van der Waals surface area contributed by atoms with Crippen LogP contribution in [0.25, 0.3) is 93.5 Å². The Balaban J connectivity index is 1.15. The normalized spacial score (nSPS) is 11.4. The fraction of sp³-hybridized carbons (Fsp3) is 0. The molecule has 12 rings (SSSR count). The summed E-state index contributed by atoms with van der Waals surface area (Å²) in [6, 6.07) is 92.8. The van der Waals surface area contributed by atoms with E-state index in [1.165, 1.54) is 76.7 Å². The van der Waals surface area contributed by atoms with E-state index in [4.69, 9.17) is 0 Å². The Morgan fingerprint density at radius 3 is 1.47 bits per heavy atom. The van der Waals surface area contributed by atoms with E-state index < -0.39 is 0 Å². The van der Waals surface area contributed by atoms with E-state index in [1.54, 1.807) is 0 Å². The van der Waals surface area contributed by atoms with Crippen molar-refractivity contribution < 1.29 is 0 Å². The second-order valence-electron chi connectivity index (χ2n) is 16.4. The van der Waals surface area contributed by atoms with Crippen molar-refractivity contribution in [2.45, 2.75) is 0 Å². The summed E-state index contributed by atoms with van der Waals surface area (Å²) in [7, 11) is 0. The van der Waals surface area contributed by atoms with Crippen molar-refractivity contribution in [2.24, 2.45) is 0 Å². The van der Waals surface area contributed by atoms with Crippen LogP contribution in [0.15, 0.2) is 255 Å². The lowest BCUT2D eigenvalue weighted by Gasteiger charge is -2.32. The number of fused-ring (bicyclic) bond motifs is 6. The molecule has 0 unspecified atom stereocenters. The summed E-state index contributed by atoms with van der Waals surface area (Å²) in [5.74, 6) is 0.